The highest BCUT2D eigenvalue weighted by Crippen LogP contribution is 2.26. The Labute approximate surface area is 123 Å². The first-order chi connectivity index (χ1) is 9.52. The monoisotopic (exact) mass is 302 g/mol. The van der Waals surface area contributed by atoms with Crippen molar-refractivity contribution in [3.8, 4) is 0 Å². The van der Waals surface area contributed by atoms with Gasteiger partial charge in [-0.3, -0.25) is 14.9 Å². The van der Waals surface area contributed by atoms with Crippen molar-refractivity contribution in [2.45, 2.75) is 56.2 Å². The average molecular weight is 302 g/mol. The van der Waals surface area contributed by atoms with Crippen LogP contribution in [0.15, 0.2) is 0 Å². The van der Waals surface area contributed by atoms with Crippen molar-refractivity contribution < 1.29 is 19.5 Å². The highest BCUT2D eigenvalue weighted by atomic mass is 32.2. The number of imide groups is 1. The fraction of sp³-hybridized carbons (Fsp3) is 0.769. The van der Waals surface area contributed by atoms with E-state index in [2.05, 4.69) is 10.6 Å². The molecule has 3 amide bonds. The van der Waals surface area contributed by atoms with E-state index in [0.717, 1.165) is 19.3 Å². The van der Waals surface area contributed by atoms with Crippen molar-refractivity contribution in [3.05, 3.63) is 0 Å². The normalized spacial score (nSPS) is 22.1. The minimum absolute atomic E-state index is 0.0519. The van der Waals surface area contributed by atoms with Crippen LogP contribution in [-0.4, -0.2) is 40.6 Å². The van der Waals surface area contributed by atoms with Gasteiger partial charge in [0.15, 0.2) is 0 Å². The van der Waals surface area contributed by atoms with Crippen LogP contribution in [0.1, 0.15) is 44.9 Å². The maximum atomic E-state index is 11.7. The molecule has 6 nitrogen and oxygen atoms in total. The Kier molecular flexibility index (Phi) is 7.43. The van der Waals surface area contributed by atoms with Gasteiger partial charge in [0.1, 0.15) is 0 Å². The first-order valence-electron chi connectivity index (χ1n) is 6.88. The summed E-state index contributed by atoms with van der Waals surface area (Å²) in [5.41, 5.74) is 0. The fourth-order valence-electron chi connectivity index (χ4n) is 2.34. The van der Waals surface area contributed by atoms with Crippen molar-refractivity contribution in [2.24, 2.45) is 0 Å². The van der Waals surface area contributed by atoms with E-state index in [1.165, 1.54) is 6.42 Å². The summed E-state index contributed by atoms with van der Waals surface area (Å²) in [5.74, 6) is -1.37. The van der Waals surface area contributed by atoms with Gasteiger partial charge in [-0.25, -0.2) is 4.79 Å². The van der Waals surface area contributed by atoms with E-state index in [1.807, 2.05) is 6.26 Å². The summed E-state index contributed by atoms with van der Waals surface area (Å²) in [6.07, 6.45) is 6.55. The first-order valence-corrected chi connectivity index (χ1v) is 8.16. The summed E-state index contributed by atoms with van der Waals surface area (Å²) in [7, 11) is 0. The number of carboxylic acids is 1. The quantitative estimate of drug-likeness (QED) is 0.694. The van der Waals surface area contributed by atoms with Crippen LogP contribution in [0.5, 0.6) is 0 Å². The Balaban J connectivity index is 2.27. The van der Waals surface area contributed by atoms with Crippen LogP contribution in [0.4, 0.5) is 4.79 Å². The number of hydrogen-bond acceptors (Lipinski definition) is 4. The van der Waals surface area contributed by atoms with E-state index in [1.54, 1.807) is 11.8 Å². The van der Waals surface area contributed by atoms with Crippen LogP contribution in [0, 0.1) is 0 Å². The van der Waals surface area contributed by atoms with Crippen LogP contribution < -0.4 is 10.6 Å². The summed E-state index contributed by atoms with van der Waals surface area (Å²) in [6, 6.07) is -0.373. The van der Waals surface area contributed by atoms with Crippen molar-refractivity contribution >= 4 is 29.7 Å². The van der Waals surface area contributed by atoms with Gasteiger partial charge < -0.3 is 10.4 Å². The smallest absolute Gasteiger partial charge is 0.321 e. The van der Waals surface area contributed by atoms with Crippen LogP contribution in [-0.2, 0) is 9.59 Å². The van der Waals surface area contributed by atoms with Crippen LogP contribution >= 0.6 is 11.8 Å². The second-order valence-corrected chi connectivity index (χ2v) is 6.01. The van der Waals surface area contributed by atoms with Gasteiger partial charge in [0.2, 0.25) is 5.91 Å². The highest BCUT2D eigenvalue weighted by Gasteiger charge is 2.26. The Morgan fingerprint density at radius 1 is 1.20 bits per heavy atom. The minimum Gasteiger partial charge on any atom is -0.481 e. The van der Waals surface area contributed by atoms with E-state index in [4.69, 9.17) is 5.11 Å². The lowest BCUT2D eigenvalue weighted by molar-refractivity contribution is -0.137. The van der Waals surface area contributed by atoms with Gasteiger partial charge in [0, 0.05) is 24.1 Å². The lowest BCUT2D eigenvalue weighted by atomic mass is 9.95. The van der Waals surface area contributed by atoms with Gasteiger partial charge in [-0.1, -0.05) is 12.8 Å². The molecular formula is C13H22N2O4S. The summed E-state index contributed by atoms with van der Waals surface area (Å²) in [6.45, 7) is 0. The van der Waals surface area contributed by atoms with Crippen molar-refractivity contribution in [2.75, 3.05) is 6.26 Å². The Hall–Kier alpha value is -1.24. The standard InChI is InChI=1S/C13H22N2O4S/c1-20-10-6-3-2-5-9(10)14-13(19)15-11(16)7-4-8-12(17)18/h9-10H,2-8H2,1H3,(H,17,18)(H2,14,15,16,19). The summed E-state index contributed by atoms with van der Waals surface area (Å²) in [4.78, 5) is 33.5. The molecule has 0 aromatic carbocycles. The summed E-state index contributed by atoms with van der Waals surface area (Å²) >= 11 is 1.74. The molecule has 0 aromatic rings. The second-order valence-electron chi connectivity index (χ2n) is 4.93. The molecule has 7 heteroatoms. The maximum Gasteiger partial charge on any atom is 0.321 e. The number of urea groups is 1. The molecule has 0 heterocycles. The molecule has 1 aliphatic rings. The van der Waals surface area contributed by atoms with E-state index >= 15 is 0 Å². The first kappa shape index (κ1) is 16.8. The third kappa shape index (κ3) is 6.27. The largest absolute Gasteiger partial charge is 0.481 e. The van der Waals surface area contributed by atoms with Gasteiger partial charge in [-0.15, -0.1) is 0 Å². The molecule has 0 saturated heterocycles. The molecular weight excluding hydrogens is 280 g/mol. The molecule has 3 N–H and O–H groups in total. The van der Waals surface area contributed by atoms with Crippen molar-refractivity contribution in [3.63, 3.8) is 0 Å². The molecule has 0 bridgehead atoms. The van der Waals surface area contributed by atoms with E-state index in [9.17, 15) is 14.4 Å². The number of carbonyl (C=O) groups is 3. The van der Waals surface area contributed by atoms with E-state index in [0.29, 0.717) is 5.25 Å². The van der Waals surface area contributed by atoms with Gasteiger partial charge >= 0.3 is 12.0 Å². The van der Waals surface area contributed by atoms with Gasteiger partial charge in [-0.2, -0.15) is 11.8 Å². The van der Waals surface area contributed by atoms with Crippen LogP contribution in [0.25, 0.3) is 0 Å². The molecule has 0 spiro atoms. The molecule has 1 fully saturated rings. The predicted octanol–water partition coefficient (Wildman–Crippen LogP) is 1.74. The predicted molar refractivity (Wildman–Crippen MR) is 77.7 cm³/mol. The Morgan fingerprint density at radius 3 is 2.55 bits per heavy atom. The molecule has 114 valence electrons. The second kappa shape index (κ2) is 8.84. The lowest BCUT2D eigenvalue weighted by Gasteiger charge is -2.30. The maximum absolute atomic E-state index is 11.7. The average Bonchev–Trinajstić information content (AvgIpc) is 2.38. The fourth-order valence-corrected chi connectivity index (χ4v) is 3.27. The van der Waals surface area contributed by atoms with E-state index < -0.39 is 17.9 Å². The number of rotatable bonds is 6. The molecule has 1 saturated carbocycles. The molecule has 1 aliphatic carbocycles. The van der Waals surface area contributed by atoms with E-state index in [-0.39, 0.29) is 25.3 Å². The Bertz CT molecular complexity index is 362. The van der Waals surface area contributed by atoms with Crippen LogP contribution in [0.3, 0.4) is 0 Å². The molecule has 0 aliphatic heterocycles. The van der Waals surface area contributed by atoms with Gasteiger partial charge in [0.25, 0.3) is 0 Å². The highest BCUT2D eigenvalue weighted by molar-refractivity contribution is 7.99. The topological polar surface area (TPSA) is 95.5 Å². The number of carbonyl (C=O) groups excluding carboxylic acids is 2. The van der Waals surface area contributed by atoms with Crippen LogP contribution in [0.2, 0.25) is 0 Å². The molecule has 20 heavy (non-hydrogen) atoms. The van der Waals surface area contributed by atoms with Crippen molar-refractivity contribution in [1.82, 2.24) is 10.6 Å². The lowest BCUT2D eigenvalue weighted by Crippen LogP contribution is -2.49. The number of nitrogens with one attached hydrogen (secondary N) is 2. The molecule has 0 radical (unpaired) electrons. The molecule has 0 aromatic heterocycles. The third-order valence-electron chi connectivity index (χ3n) is 3.37. The zero-order valence-electron chi connectivity index (χ0n) is 11.7. The van der Waals surface area contributed by atoms with Crippen molar-refractivity contribution in [1.29, 1.82) is 0 Å². The summed E-state index contributed by atoms with van der Waals surface area (Å²) in [5, 5.41) is 14.0. The van der Waals surface area contributed by atoms with Gasteiger partial charge in [0.05, 0.1) is 0 Å². The van der Waals surface area contributed by atoms with Gasteiger partial charge in [-0.05, 0) is 25.5 Å². The zero-order valence-corrected chi connectivity index (χ0v) is 12.5. The molecule has 1 rings (SSSR count). The zero-order chi connectivity index (χ0) is 15.0. The number of amides is 3. The SMILES string of the molecule is CSC1CCCCC1NC(=O)NC(=O)CCCC(=O)O. The number of hydrogen-bond donors (Lipinski definition) is 3. The number of aliphatic carboxylic acids is 1. The Morgan fingerprint density at radius 2 is 1.90 bits per heavy atom. The number of carboxylic acid groups (broad SMARTS) is 1. The number of thioether (sulfide) groups is 1. The molecule has 2 atom stereocenters. The summed E-state index contributed by atoms with van der Waals surface area (Å²) < 4.78 is 0. The minimum atomic E-state index is -0.938. The third-order valence-corrected chi connectivity index (χ3v) is 4.54. The molecule has 2 unspecified atom stereocenters.